The molecule has 0 N–H and O–H groups in total. The number of hydrogen-bond acceptors (Lipinski definition) is 9. The summed E-state index contributed by atoms with van der Waals surface area (Å²) in [6.45, 7) is 8.40. The predicted octanol–water partition coefficient (Wildman–Crippen LogP) is 3.07. The first-order valence-corrected chi connectivity index (χ1v) is 12.5. The van der Waals surface area contributed by atoms with Gasteiger partial charge in [-0.05, 0) is 26.0 Å². The summed E-state index contributed by atoms with van der Waals surface area (Å²) in [5.74, 6) is -1.65. The maximum atomic E-state index is 14.0. The maximum Gasteiger partial charge on any atom is 0.304 e. The number of rotatable bonds is 8. The Morgan fingerprint density at radius 2 is 1.05 bits per heavy atom. The monoisotopic (exact) mass is 532 g/mol. The van der Waals surface area contributed by atoms with Crippen molar-refractivity contribution in [1.29, 1.82) is 0 Å². The van der Waals surface area contributed by atoms with Crippen molar-refractivity contribution in [3.63, 3.8) is 0 Å². The SMILES string of the molecule is CC(C(=O)C(C)N1CCN(c2ccc([N+](=O)[O-])c(F)c2)CC1)N1CCN(c2ccc([N+](=O)[O-])c(F)c2)CC1. The van der Waals surface area contributed by atoms with Crippen molar-refractivity contribution < 1.29 is 23.4 Å². The zero-order valence-corrected chi connectivity index (χ0v) is 21.3. The van der Waals surface area contributed by atoms with Crippen molar-refractivity contribution in [3.8, 4) is 0 Å². The summed E-state index contributed by atoms with van der Waals surface area (Å²) in [6, 6.07) is 7.14. The molecule has 38 heavy (non-hydrogen) atoms. The van der Waals surface area contributed by atoms with Gasteiger partial charge in [0.25, 0.3) is 0 Å². The molecule has 0 radical (unpaired) electrons. The third-order valence-electron chi connectivity index (χ3n) is 7.53. The van der Waals surface area contributed by atoms with E-state index in [0.29, 0.717) is 63.7 Å². The van der Waals surface area contributed by atoms with Gasteiger partial charge in [0, 0.05) is 88.0 Å². The molecule has 2 heterocycles. The predicted molar refractivity (Wildman–Crippen MR) is 138 cm³/mol. The standard InChI is InChI=1S/C25H30F2N6O5/c1-17(28-7-11-30(12-8-28)19-3-5-23(32(35)36)21(26)15-19)25(34)18(2)29-9-13-31(14-10-29)20-4-6-24(33(37)38)22(27)16-20/h3-6,15-18H,7-14H2,1-2H3. The minimum absolute atomic E-state index is 0.0923. The lowest BCUT2D eigenvalue weighted by Gasteiger charge is -2.42. The molecular formula is C25H30F2N6O5. The lowest BCUT2D eigenvalue weighted by Crippen LogP contribution is -2.57. The minimum atomic E-state index is -0.869. The van der Waals surface area contributed by atoms with Crippen LogP contribution in [-0.2, 0) is 4.79 Å². The second kappa shape index (κ2) is 11.4. The second-order valence-electron chi connectivity index (χ2n) is 9.59. The molecule has 204 valence electrons. The molecule has 2 aliphatic rings. The van der Waals surface area contributed by atoms with E-state index in [1.54, 1.807) is 0 Å². The molecule has 0 spiro atoms. The molecule has 2 atom stereocenters. The number of nitrogens with zero attached hydrogens (tertiary/aromatic N) is 6. The molecule has 0 aliphatic carbocycles. The topological polar surface area (TPSA) is 116 Å². The summed E-state index contributed by atoms with van der Waals surface area (Å²) in [4.78, 5) is 41.6. The zero-order chi connectivity index (χ0) is 27.6. The zero-order valence-electron chi connectivity index (χ0n) is 21.3. The van der Waals surface area contributed by atoms with E-state index in [0.717, 1.165) is 0 Å². The number of nitro groups is 2. The molecule has 0 saturated carbocycles. The smallest absolute Gasteiger partial charge is 0.304 e. The number of anilines is 2. The van der Waals surface area contributed by atoms with Crippen molar-refractivity contribution in [2.24, 2.45) is 0 Å². The number of carbonyl (C=O) groups excluding carboxylic acids is 1. The van der Waals surface area contributed by atoms with Crippen LogP contribution in [0.4, 0.5) is 31.5 Å². The number of nitro benzene ring substituents is 2. The highest BCUT2D eigenvalue weighted by Gasteiger charge is 2.33. The Bertz CT molecular complexity index is 1120. The molecule has 0 bridgehead atoms. The van der Waals surface area contributed by atoms with Gasteiger partial charge in [0.15, 0.2) is 5.78 Å². The van der Waals surface area contributed by atoms with Gasteiger partial charge in [0.2, 0.25) is 11.6 Å². The summed E-state index contributed by atoms with van der Waals surface area (Å²) in [5.41, 5.74) is 0.0411. The summed E-state index contributed by atoms with van der Waals surface area (Å²) >= 11 is 0. The molecule has 4 rings (SSSR count). The number of carbonyl (C=O) groups is 1. The molecule has 0 aromatic heterocycles. The number of Topliss-reactive ketones (excluding diaryl/α,β-unsaturated/α-hetero) is 1. The largest absolute Gasteiger partial charge is 0.369 e. The summed E-state index contributed by atoms with van der Waals surface area (Å²) in [7, 11) is 0. The first-order valence-electron chi connectivity index (χ1n) is 12.5. The second-order valence-corrected chi connectivity index (χ2v) is 9.59. The Hall–Kier alpha value is -3.71. The molecule has 2 fully saturated rings. The van der Waals surface area contributed by atoms with Crippen LogP contribution >= 0.6 is 0 Å². The molecule has 13 heteroatoms. The Morgan fingerprint density at radius 1 is 0.711 bits per heavy atom. The Balaban J connectivity index is 1.28. The van der Waals surface area contributed by atoms with Crippen molar-refractivity contribution in [2.45, 2.75) is 25.9 Å². The van der Waals surface area contributed by atoms with Crippen LogP contribution in [0.3, 0.4) is 0 Å². The van der Waals surface area contributed by atoms with Gasteiger partial charge in [-0.3, -0.25) is 34.8 Å². The van der Waals surface area contributed by atoms with Crippen LogP contribution in [0, 0.1) is 31.9 Å². The average molecular weight is 533 g/mol. The minimum Gasteiger partial charge on any atom is -0.369 e. The molecule has 0 amide bonds. The lowest BCUT2D eigenvalue weighted by molar-refractivity contribution is -0.387. The van der Waals surface area contributed by atoms with Gasteiger partial charge < -0.3 is 9.80 Å². The maximum absolute atomic E-state index is 14.0. The first kappa shape index (κ1) is 27.3. The van der Waals surface area contributed by atoms with Crippen molar-refractivity contribution in [2.75, 3.05) is 62.2 Å². The number of benzene rings is 2. The molecular weight excluding hydrogens is 502 g/mol. The van der Waals surface area contributed by atoms with Crippen LogP contribution in [0.5, 0.6) is 0 Å². The average Bonchev–Trinajstić information content (AvgIpc) is 2.91. The van der Waals surface area contributed by atoms with Gasteiger partial charge in [-0.15, -0.1) is 0 Å². The van der Waals surface area contributed by atoms with Gasteiger partial charge in [-0.25, -0.2) is 0 Å². The molecule has 11 nitrogen and oxygen atoms in total. The van der Waals surface area contributed by atoms with Gasteiger partial charge in [-0.1, -0.05) is 0 Å². The first-order chi connectivity index (χ1) is 18.1. The van der Waals surface area contributed by atoms with E-state index >= 15 is 0 Å². The van der Waals surface area contributed by atoms with E-state index in [4.69, 9.17) is 0 Å². The van der Waals surface area contributed by atoms with Crippen molar-refractivity contribution in [1.82, 2.24) is 9.80 Å². The van der Waals surface area contributed by atoms with E-state index in [1.807, 2.05) is 23.6 Å². The third-order valence-corrected chi connectivity index (χ3v) is 7.53. The number of piperazine rings is 2. The number of ketones is 1. The van der Waals surface area contributed by atoms with Crippen LogP contribution in [-0.4, -0.2) is 89.9 Å². The van der Waals surface area contributed by atoms with Crippen molar-refractivity contribution >= 4 is 28.5 Å². The molecule has 2 aromatic rings. The lowest BCUT2D eigenvalue weighted by atomic mass is 10.0. The highest BCUT2D eigenvalue weighted by Crippen LogP contribution is 2.26. The molecule has 2 aliphatic heterocycles. The quantitative estimate of drug-likeness (QED) is 0.374. The van der Waals surface area contributed by atoms with Crippen LogP contribution in [0.2, 0.25) is 0 Å². The number of hydrogen-bond donors (Lipinski definition) is 0. The van der Waals surface area contributed by atoms with Crippen LogP contribution < -0.4 is 9.80 Å². The van der Waals surface area contributed by atoms with Crippen LogP contribution in [0.15, 0.2) is 36.4 Å². The normalized spacial score (nSPS) is 18.7. The van der Waals surface area contributed by atoms with Gasteiger partial charge >= 0.3 is 11.4 Å². The fourth-order valence-electron chi connectivity index (χ4n) is 5.12. The number of halogens is 2. The highest BCUT2D eigenvalue weighted by molar-refractivity contribution is 5.88. The van der Waals surface area contributed by atoms with Crippen molar-refractivity contribution in [3.05, 3.63) is 68.3 Å². The molecule has 2 saturated heterocycles. The van der Waals surface area contributed by atoms with Crippen LogP contribution in [0.25, 0.3) is 0 Å². The summed E-state index contributed by atoms with van der Waals surface area (Å²) in [5, 5.41) is 21.7. The van der Waals surface area contributed by atoms with E-state index in [9.17, 15) is 33.8 Å². The Kier molecular flexibility index (Phi) is 8.17. The summed E-state index contributed by atoms with van der Waals surface area (Å²) < 4.78 is 28.1. The van der Waals surface area contributed by atoms with E-state index in [1.165, 1.54) is 36.4 Å². The molecule has 2 unspecified atom stereocenters. The Labute approximate surface area is 218 Å². The van der Waals surface area contributed by atoms with E-state index in [-0.39, 0.29) is 17.9 Å². The highest BCUT2D eigenvalue weighted by atomic mass is 19.1. The third kappa shape index (κ3) is 5.73. The summed E-state index contributed by atoms with van der Waals surface area (Å²) in [6.07, 6.45) is 0. The van der Waals surface area contributed by atoms with Gasteiger partial charge in [0.05, 0.1) is 21.9 Å². The fourth-order valence-corrected chi connectivity index (χ4v) is 5.12. The van der Waals surface area contributed by atoms with E-state index in [2.05, 4.69) is 9.80 Å². The van der Waals surface area contributed by atoms with E-state index < -0.39 is 32.9 Å². The van der Waals surface area contributed by atoms with Gasteiger partial charge in [-0.2, -0.15) is 8.78 Å². The molecule has 2 aromatic carbocycles. The Morgan fingerprint density at radius 3 is 1.34 bits per heavy atom. The van der Waals surface area contributed by atoms with Crippen LogP contribution in [0.1, 0.15) is 13.8 Å². The fraction of sp³-hybridized carbons (Fsp3) is 0.480. The van der Waals surface area contributed by atoms with Gasteiger partial charge in [0.1, 0.15) is 0 Å².